The Morgan fingerprint density at radius 3 is 2.67 bits per heavy atom. The number of sulfonamides is 1. The van der Waals surface area contributed by atoms with Crippen molar-refractivity contribution >= 4 is 21.7 Å². The Hall–Kier alpha value is -1.67. The molecule has 1 unspecified atom stereocenters. The molecule has 1 aromatic rings. The molecule has 1 aromatic heterocycles. The Labute approximate surface area is 162 Å². The average Bonchev–Trinajstić information content (AvgIpc) is 2.68. The fourth-order valence-corrected chi connectivity index (χ4v) is 5.22. The monoisotopic (exact) mass is 394 g/mol. The van der Waals surface area contributed by atoms with Gasteiger partial charge in [-0.25, -0.2) is 13.4 Å². The first-order chi connectivity index (χ1) is 12.9. The molecule has 0 aliphatic carbocycles. The van der Waals surface area contributed by atoms with Crippen molar-refractivity contribution in [3.63, 3.8) is 0 Å². The summed E-state index contributed by atoms with van der Waals surface area (Å²) < 4.78 is 25.5. The van der Waals surface area contributed by atoms with E-state index in [9.17, 15) is 13.2 Å². The van der Waals surface area contributed by atoms with E-state index in [1.54, 1.807) is 22.6 Å². The van der Waals surface area contributed by atoms with Gasteiger partial charge in [0.1, 0.15) is 5.82 Å². The second-order valence-electron chi connectivity index (χ2n) is 7.52. The molecule has 2 aliphatic rings. The van der Waals surface area contributed by atoms with E-state index >= 15 is 0 Å². The highest BCUT2D eigenvalue weighted by molar-refractivity contribution is 7.88. The smallest absolute Gasteiger partial charge is 0.254 e. The number of aromatic nitrogens is 1. The summed E-state index contributed by atoms with van der Waals surface area (Å²) in [5, 5.41) is 3.26. The molecule has 1 N–H and O–H groups in total. The minimum atomic E-state index is -3.16. The second-order valence-corrected chi connectivity index (χ2v) is 9.46. The van der Waals surface area contributed by atoms with Crippen LogP contribution in [0.1, 0.15) is 55.3 Å². The second kappa shape index (κ2) is 9.01. The van der Waals surface area contributed by atoms with Crippen LogP contribution in [0.4, 0.5) is 5.82 Å². The quantitative estimate of drug-likeness (QED) is 0.801. The van der Waals surface area contributed by atoms with E-state index in [0.717, 1.165) is 51.6 Å². The lowest BCUT2D eigenvalue weighted by Crippen LogP contribution is -2.43. The van der Waals surface area contributed by atoms with Crippen LogP contribution in [0.3, 0.4) is 0 Å². The molecule has 27 heavy (non-hydrogen) atoms. The number of nitrogens with zero attached hydrogens (tertiary/aromatic N) is 3. The van der Waals surface area contributed by atoms with Crippen LogP contribution >= 0.6 is 0 Å². The number of nitrogens with one attached hydrogen (secondary N) is 1. The molecule has 8 heteroatoms. The zero-order chi connectivity index (χ0) is 19.3. The molecule has 7 nitrogen and oxygen atoms in total. The molecule has 0 aromatic carbocycles. The van der Waals surface area contributed by atoms with Gasteiger partial charge in [-0.3, -0.25) is 4.79 Å². The maximum Gasteiger partial charge on any atom is 0.254 e. The molecule has 1 amide bonds. The summed E-state index contributed by atoms with van der Waals surface area (Å²) in [5.41, 5.74) is 0.657. The summed E-state index contributed by atoms with van der Waals surface area (Å²) in [6.07, 6.45) is 9.90. The molecular formula is C19H30N4O3S. The minimum absolute atomic E-state index is 0.0411. The van der Waals surface area contributed by atoms with Gasteiger partial charge in [0.05, 0.1) is 6.26 Å². The molecule has 2 aliphatic heterocycles. The van der Waals surface area contributed by atoms with Gasteiger partial charge < -0.3 is 10.2 Å². The summed E-state index contributed by atoms with van der Waals surface area (Å²) in [4.78, 5) is 18.8. The average molecular weight is 395 g/mol. The Morgan fingerprint density at radius 1 is 1.19 bits per heavy atom. The zero-order valence-corrected chi connectivity index (χ0v) is 16.9. The molecule has 3 rings (SSSR count). The number of carbonyl (C=O) groups is 1. The lowest BCUT2D eigenvalue weighted by atomic mass is 10.0. The van der Waals surface area contributed by atoms with E-state index in [4.69, 9.17) is 0 Å². The summed E-state index contributed by atoms with van der Waals surface area (Å²) >= 11 is 0. The minimum Gasteiger partial charge on any atom is -0.370 e. The van der Waals surface area contributed by atoms with Crippen molar-refractivity contribution in [2.45, 2.75) is 51.0 Å². The Kier molecular flexibility index (Phi) is 6.70. The summed E-state index contributed by atoms with van der Waals surface area (Å²) in [6.45, 7) is 2.90. The highest BCUT2D eigenvalue weighted by Gasteiger charge is 2.28. The van der Waals surface area contributed by atoms with Crippen molar-refractivity contribution in [1.82, 2.24) is 14.2 Å². The van der Waals surface area contributed by atoms with Crippen molar-refractivity contribution in [1.29, 1.82) is 0 Å². The van der Waals surface area contributed by atoms with E-state index in [2.05, 4.69) is 10.3 Å². The van der Waals surface area contributed by atoms with E-state index < -0.39 is 10.0 Å². The number of rotatable bonds is 6. The predicted molar refractivity (Wildman–Crippen MR) is 106 cm³/mol. The maximum atomic E-state index is 12.6. The van der Waals surface area contributed by atoms with Crippen molar-refractivity contribution in [3.8, 4) is 0 Å². The highest BCUT2D eigenvalue weighted by atomic mass is 32.2. The summed E-state index contributed by atoms with van der Waals surface area (Å²) in [7, 11) is -3.16. The number of pyridine rings is 1. The fraction of sp³-hybridized carbons (Fsp3) is 0.684. The molecule has 2 saturated heterocycles. The topological polar surface area (TPSA) is 82.6 Å². The van der Waals surface area contributed by atoms with Gasteiger partial charge in [0.2, 0.25) is 10.0 Å². The van der Waals surface area contributed by atoms with Gasteiger partial charge in [-0.05, 0) is 50.7 Å². The third-order valence-electron chi connectivity index (χ3n) is 5.43. The van der Waals surface area contributed by atoms with Gasteiger partial charge in [-0.15, -0.1) is 0 Å². The van der Waals surface area contributed by atoms with Gasteiger partial charge >= 0.3 is 0 Å². The van der Waals surface area contributed by atoms with Crippen LogP contribution in [0.25, 0.3) is 0 Å². The van der Waals surface area contributed by atoms with E-state index in [1.807, 2.05) is 4.90 Å². The first kappa shape index (κ1) is 20.1. The van der Waals surface area contributed by atoms with E-state index in [0.29, 0.717) is 24.5 Å². The summed E-state index contributed by atoms with van der Waals surface area (Å²) in [5.74, 6) is 0.732. The molecule has 2 fully saturated rings. The van der Waals surface area contributed by atoms with Crippen molar-refractivity contribution in [3.05, 3.63) is 23.9 Å². The molecule has 3 heterocycles. The van der Waals surface area contributed by atoms with Crippen molar-refractivity contribution in [2.24, 2.45) is 0 Å². The standard InChI is InChI=1S/C19H30N4O3S/c1-27(25,26)23-14-6-3-7-17(23)9-11-21-18-15-16(8-10-20-18)19(24)22-12-4-2-5-13-22/h8,10,15,17H,2-7,9,11-14H2,1H3,(H,20,21). The van der Waals surface area contributed by atoms with Gasteiger partial charge in [0.15, 0.2) is 0 Å². The lowest BCUT2D eigenvalue weighted by molar-refractivity contribution is 0.0724. The molecule has 0 bridgehead atoms. The lowest BCUT2D eigenvalue weighted by Gasteiger charge is -2.33. The third-order valence-corrected chi connectivity index (χ3v) is 6.77. The number of anilines is 1. The van der Waals surface area contributed by atoms with Crippen LogP contribution in [0.5, 0.6) is 0 Å². The molecule has 150 valence electrons. The Bertz CT molecular complexity index is 747. The van der Waals surface area contributed by atoms with E-state index in [1.165, 1.54) is 12.7 Å². The van der Waals surface area contributed by atoms with Gasteiger partial charge in [0.25, 0.3) is 5.91 Å². The third kappa shape index (κ3) is 5.42. The predicted octanol–water partition coefficient (Wildman–Crippen LogP) is 2.32. The van der Waals surface area contributed by atoms with Crippen molar-refractivity contribution in [2.75, 3.05) is 37.8 Å². The first-order valence-corrected chi connectivity index (χ1v) is 11.8. The van der Waals surface area contributed by atoms with Crippen LogP contribution in [-0.4, -0.2) is 67.0 Å². The molecule has 0 saturated carbocycles. The number of amides is 1. The van der Waals surface area contributed by atoms with Gasteiger partial charge in [-0.2, -0.15) is 4.31 Å². The summed E-state index contributed by atoms with van der Waals surface area (Å²) in [6, 6.07) is 3.60. The Balaban J connectivity index is 1.56. The van der Waals surface area contributed by atoms with Crippen LogP contribution < -0.4 is 5.32 Å². The molecule has 0 spiro atoms. The van der Waals surface area contributed by atoms with Gasteiger partial charge in [-0.1, -0.05) is 6.42 Å². The van der Waals surface area contributed by atoms with Crippen molar-refractivity contribution < 1.29 is 13.2 Å². The number of hydrogen-bond donors (Lipinski definition) is 1. The van der Waals surface area contributed by atoms with Gasteiger partial charge in [0, 0.05) is 44.0 Å². The molecule has 0 radical (unpaired) electrons. The number of piperidine rings is 2. The van der Waals surface area contributed by atoms with Crippen LogP contribution in [0.15, 0.2) is 18.3 Å². The number of hydrogen-bond acceptors (Lipinski definition) is 5. The highest BCUT2D eigenvalue weighted by Crippen LogP contribution is 2.22. The molecular weight excluding hydrogens is 364 g/mol. The number of carbonyl (C=O) groups excluding carboxylic acids is 1. The maximum absolute atomic E-state index is 12.6. The zero-order valence-electron chi connectivity index (χ0n) is 16.1. The van der Waals surface area contributed by atoms with Crippen LogP contribution in [-0.2, 0) is 10.0 Å². The Morgan fingerprint density at radius 2 is 1.93 bits per heavy atom. The first-order valence-electron chi connectivity index (χ1n) is 9.91. The SMILES string of the molecule is CS(=O)(=O)N1CCCCC1CCNc1cc(C(=O)N2CCCCC2)ccn1. The fourth-order valence-electron chi connectivity index (χ4n) is 4.01. The largest absolute Gasteiger partial charge is 0.370 e. The van der Waals surface area contributed by atoms with E-state index in [-0.39, 0.29) is 11.9 Å². The van der Waals surface area contributed by atoms with Crippen LogP contribution in [0.2, 0.25) is 0 Å². The normalized spacial score (nSPS) is 21.8. The number of likely N-dealkylation sites (tertiary alicyclic amines) is 1. The van der Waals surface area contributed by atoms with Crippen LogP contribution in [0, 0.1) is 0 Å². The molecule has 1 atom stereocenters.